The van der Waals surface area contributed by atoms with Crippen molar-refractivity contribution in [2.45, 2.75) is 58.4 Å². The number of rotatable bonds is 4. The number of aryl methyl sites for hydroxylation is 2. The Kier molecular flexibility index (Phi) is 9.48. The number of likely N-dealkylation sites (tertiary alicyclic amines) is 1. The fourth-order valence-electron chi connectivity index (χ4n) is 5.25. The Balaban J connectivity index is 1.40. The smallest absolute Gasteiger partial charge is 0.239 e. The number of aromatic nitrogens is 2. The molecule has 1 saturated heterocycles. The van der Waals surface area contributed by atoms with Crippen molar-refractivity contribution in [3.63, 3.8) is 0 Å². The minimum Gasteiger partial charge on any atom is -0.493 e. The van der Waals surface area contributed by atoms with Crippen molar-refractivity contribution in [3.05, 3.63) is 63.6 Å². The van der Waals surface area contributed by atoms with Crippen LogP contribution in [0.1, 0.15) is 40.9 Å². The maximum atomic E-state index is 13.2. The molecule has 2 amide bonds. The second-order valence-electron chi connectivity index (χ2n) is 10.4. The lowest BCUT2D eigenvalue weighted by Gasteiger charge is -2.38. The van der Waals surface area contributed by atoms with Gasteiger partial charge >= 0.3 is 0 Å². The molecule has 4 bridgehead atoms. The molecule has 0 saturated carbocycles. The van der Waals surface area contributed by atoms with Crippen molar-refractivity contribution >= 4 is 23.2 Å². The molecule has 3 heterocycles. The van der Waals surface area contributed by atoms with E-state index in [0.29, 0.717) is 49.9 Å². The number of hydrogen-bond donors (Lipinski definition) is 1. The van der Waals surface area contributed by atoms with Gasteiger partial charge < -0.3 is 24.4 Å². The van der Waals surface area contributed by atoms with E-state index in [0.717, 1.165) is 34.1 Å². The first kappa shape index (κ1) is 29.0. The molecule has 1 fully saturated rings. The average Bonchev–Trinajstić information content (AvgIpc) is 3.38. The Morgan fingerprint density at radius 3 is 2.78 bits per heavy atom. The Hall–Kier alpha value is -3.54. The van der Waals surface area contributed by atoms with Crippen LogP contribution in [0, 0.1) is 6.92 Å². The van der Waals surface area contributed by atoms with Crippen molar-refractivity contribution in [2.75, 3.05) is 33.3 Å². The number of ether oxygens (including phenoxy) is 3. The van der Waals surface area contributed by atoms with Crippen LogP contribution in [-0.4, -0.2) is 77.2 Å². The zero-order valence-electron chi connectivity index (χ0n) is 23.8. The molecule has 1 aromatic heterocycles. The van der Waals surface area contributed by atoms with Crippen molar-refractivity contribution in [2.24, 2.45) is 0 Å². The molecule has 2 aromatic carbocycles. The standard InChI is InChI=1S/C30H37N5O5S/c1-4-35-17-28(36)31-24-12-13-34(18-29-33-32-20(2)41-29)16-27(24)39-19-22-6-5-7-23(14-22)40-26-15-21(9-11-30(35)37)8-10-25(26)38-3/h5-8,10,14-15,24,27H,4,9,11-13,16-19H2,1-3H3,(H,31,36)/t24-,27-/m0/s1. The predicted octanol–water partition coefficient (Wildman–Crippen LogP) is 3.72. The van der Waals surface area contributed by atoms with Crippen LogP contribution in [0.3, 0.4) is 0 Å². The van der Waals surface area contributed by atoms with Crippen LogP contribution >= 0.6 is 11.3 Å². The summed E-state index contributed by atoms with van der Waals surface area (Å²) < 4.78 is 18.2. The van der Waals surface area contributed by atoms with E-state index in [2.05, 4.69) is 20.4 Å². The fourth-order valence-corrected chi connectivity index (χ4v) is 6.00. The molecule has 0 aliphatic carbocycles. The summed E-state index contributed by atoms with van der Waals surface area (Å²) in [5.41, 5.74) is 1.91. The molecular weight excluding hydrogens is 542 g/mol. The Morgan fingerprint density at radius 1 is 1.12 bits per heavy atom. The highest BCUT2D eigenvalue weighted by Crippen LogP contribution is 2.33. The van der Waals surface area contributed by atoms with Crippen LogP contribution in [0.15, 0.2) is 42.5 Å². The number of nitrogens with zero attached hydrogens (tertiary/aromatic N) is 4. The number of piperidine rings is 1. The third-order valence-corrected chi connectivity index (χ3v) is 8.25. The van der Waals surface area contributed by atoms with E-state index in [1.807, 2.05) is 56.3 Å². The maximum Gasteiger partial charge on any atom is 0.239 e. The van der Waals surface area contributed by atoms with Gasteiger partial charge in [-0.3, -0.25) is 14.5 Å². The Morgan fingerprint density at radius 2 is 2.00 bits per heavy atom. The van der Waals surface area contributed by atoms with Gasteiger partial charge in [-0.25, -0.2) is 0 Å². The summed E-state index contributed by atoms with van der Waals surface area (Å²) in [6.45, 7) is 6.80. The first-order valence-electron chi connectivity index (χ1n) is 14.0. The Labute approximate surface area is 244 Å². The summed E-state index contributed by atoms with van der Waals surface area (Å²) in [5, 5.41) is 13.5. The zero-order chi connectivity index (χ0) is 28.8. The van der Waals surface area contributed by atoms with Crippen molar-refractivity contribution in [1.29, 1.82) is 0 Å². The van der Waals surface area contributed by atoms with Crippen LogP contribution < -0.4 is 14.8 Å². The van der Waals surface area contributed by atoms with E-state index < -0.39 is 0 Å². The molecule has 0 radical (unpaired) electrons. The molecule has 5 rings (SSSR count). The normalized spacial score (nSPS) is 20.8. The highest BCUT2D eigenvalue weighted by molar-refractivity contribution is 7.11. The second-order valence-corrected chi connectivity index (χ2v) is 11.7. The SMILES string of the molecule is CCN1CC(=O)N[C@H]2CCN(Cc3nnc(C)s3)C[C@@H]2OCc2cccc(c2)Oc2cc(ccc2OC)CCC1=O. The molecule has 0 unspecified atom stereocenters. The van der Waals surface area contributed by atoms with Gasteiger partial charge in [-0.1, -0.05) is 18.2 Å². The number of amides is 2. The molecule has 0 spiro atoms. The number of hydrogen-bond acceptors (Lipinski definition) is 9. The van der Waals surface area contributed by atoms with Crippen molar-refractivity contribution in [1.82, 2.24) is 25.3 Å². The summed E-state index contributed by atoms with van der Waals surface area (Å²) in [4.78, 5) is 30.1. The van der Waals surface area contributed by atoms with Gasteiger partial charge in [0.1, 0.15) is 15.8 Å². The molecule has 2 aliphatic rings. The van der Waals surface area contributed by atoms with E-state index in [9.17, 15) is 9.59 Å². The maximum absolute atomic E-state index is 13.2. The number of carbonyl (C=O) groups excluding carboxylic acids is 2. The molecule has 10 nitrogen and oxygen atoms in total. The lowest BCUT2D eigenvalue weighted by Crippen LogP contribution is -2.56. The number of methoxy groups -OCH3 is 1. The third-order valence-electron chi connectivity index (χ3n) is 7.43. The summed E-state index contributed by atoms with van der Waals surface area (Å²) in [5.74, 6) is 1.62. The van der Waals surface area contributed by atoms with Crippen LogP contribution in [0.25, 0.3) is 0 Å². The van der Waals surface area contributed by atoms with Gasteiger partial charge in [0.2, 0.25) is 11.8 Å². The number of carbonyl (C=O) groups is 2. The van der Waals surface area contributed by atoms with E-state index in [1.165, 1.54) is 0 Å². The highest BCUT2D eigenvalue weighted by Gasteiger charge is 2.32. The molecule has 2 aliphatic heterocycles. The summed E-state index contributed by atoms with van der Waals surface area (Å²) >= 11 is 1.59. The lowest BCUT2D eigenvalue weighted by atomic mass is 10.0. The molecule has 2 atom stereocenters. The van der Waals surface area contributed by atoms with Gasteiger partial charge in [0, 0.05) is 26.1 Å². The molecule has 218 valence electrons. The van der Waals surface area contributed by atoms with Gasteiger partial charge in [0.25, 0.3) is 0 Å². The summed E-state index contributed by atoms with van der Waals surface area (Å²) in [6, 6.07) is 13.3. The van der Waals surface area contributed by atoms with Gasteiger partial charge in [-0.05, 0) is 62.1 Å². The average molecular weight is 580 g/mol. The molecule has 41 heavy (non-hydrogen) atoms. The van der Waals surface area contributed by atoms with Crippen molar-refractivity contribution < 1.29 is 23.8 Å². The monoisotopic (exact) mass is 579 g/mol. The second kappa shape index (κ2) is 13.4. The van der Waals surface area contributed by atoms with E-state index in [1.54, 1.807) is 23.3 Å². The number of nitrogens with one attached hydrogen (secondary N) is 1. The number of fused-ring (bicyclic) bond motifs is 5. The molecule has 1 N–H and O–H groups in total. The van der Waals surface area contributed by atoms with E-state index in [4.69, 9.17) is 14.2 Å². The van der Waals surface area contributed by atoms with Gasteiger partial charge in [0.05, 0.1) is 39.0 Å². The van der Waals surface area contributed by atoms with Crippen LogP contribution in [0.5, 0.6) is 17.2 Å². The molecule has 3 aromatic rings. The zero-order valence-corrected chi connectivity index (χ0v) is 24.6. The summed E-state index contributed by atoms with van der Waals surface area (Å²) in [7, 11) is 1.61. The number of benzene rings is 2. The Bertz CT molecular complexity index is 1360. The largest absolute Gasteiger partial charge is 0.493 e. The fraction of sp³-hybridized carbons (Fsp3) is 0.467. The number of likely N-dealkylation sites (N-methyl/N-ethyl adjacent to an activating group) is 1. The molecular formula is C30H37N5O5S. The van der Waals surface area contributed by atoms with Crippen molar-refractivity contribution in [3.8, 4) is 17.2 Å². The quantitative estimate of drug-likeness (QED) is 0.499. The van der Waals surface area contributed by atoms with Gasteiger partial charge in [0.15, 0.2) is 11.5 Å². The van der Waals surface area contributed by atoms with Gasteiger partial charge in [-0.2, -0.15) is 0 Å². The van der Waals surface area contributed by atoms with Crippen LogP contribution in [-0.2, 0) is 33.9 Å². The first-order chi connectivity index (χ1) is 19.9. The first-order valence-corrected chi connectivity index (χ1v) is 14.9. The minimum atomic E-state index is -0.243. The predicted molar refractivity (Wildman–Crippen MR) is 155 cm³/mol. The minimum absolute atomic E-state index is 0.0192. The van der Waals surface area contributed by atoms with Gasteiger partial charge in [-0.15, -0.1) is 21.5 Å². The van der Waals surface area contributed by atoms with E-state index in [-0.39, 0.29) is 36.9 Å². The van der Waals surface area contributed by atoms with Crippen LogP contribution in [0.2, 0.25) is 0 Å². The van der Waals surface area contributed by atoms with E-state index >= 15 is 0 Å². The highest BCUT2D eigenvalue weighted by atomic mass is 32.1. The third kappa shape index (κ3) is 7.60. The van der Waals surface area contributed by atoms with Crippen LogP contribution in [0.4, 0.5) is 0 Å². The topological polar surface area (TPSA) is 106 Å². The summed E-state index contributed by atoms with van der Waals surface area (Å²) in [6.07, 6.45) is 1.30. The molecule has 11 heteroatoms. The lowest BCUT2D eigenvalue weighted by molar-refractivity contribution is -0.136.